The van der Waals surface area contributed by atoms with Crippen LogP contribution in [0.4, 0.5) is 14.5 Å². The number of hydrogen-bond acceptors (Lipinski definition) is 3. The van der Waals surface area contributed by atoms with E-state index in [0.29, 0.717) is 12.2 Å². The third-order valence-electron chi connectivity index (χ3n) is 2.85. The van der Waals surface area contributed by atoms with E-state index in [4.69, 9.17) is 11.6 Å². The first-order valence-electron chi connectivity index (χ1n) is 6.07. The zero-order chi connectivity index (χ0) is 15.4. The molecular weight excluding hydrogens is 300 g/mol. The smallest absolute Gasteiger partial charge is 0.340 e. The number of carbonyl (C=O) groups excluding carboxylic acids is 1. The molecule has 110 valence electrons. The van der Waals surface area contributed by atoms with E-state index in [1.807, 2.05) is 0 Å². The van der Waals surface area contributed by atoms with Gasteiger partial charge in [-0.25, -0.2) is 13.6 Å². The van der Waals surface area contributed by atoms with Crippen LogP contribution in [0.15, 0.2) is 36.4 Å². The zero-order valence-corrected chi connectivity index (χ0v) is 11.9. The second-order valence-electron chi connectivity index (χ2n) is 4.28. The average Bonchev–Trinajstić information content (AvgIpc) is 2.48. The van der Waals surface area contributed by atoms with Crippen LogP contribution in [0.2, 0.25) is 5.02 Å². The minimum Gasteiger partial charge on any atom is -0.465 e. The Morgan fingerprint density at radius 1 is 1.24 bits per heavy atom. The molecule has 0 atom stereocenters. The first-order valence-corrected chi connectivity index (χ1v) is 6.44. The highest BCUT2D eigenvalue weighted by molar-refractivity contribution is 6.30. The fraction of sp³-hybridized carbons (Fsp3) is 0.133. The van der Waals surface area contributed by atoms with Gasteiger partial charge in [0.05, 0.1) is 17.7 Å². The molecule has 0 aliphatic rings. The van der Waals surface area contributed by atoms with Crippen molar-refractivity contribution in [2.75, 3.05) is 12.4 Å². The Morgan fingerprint density at radius 2 is 2.00 bits per heavy atom. The molecule has 6 heteroatoms. The van der Waals surface area contributed by atoms with E-state index in [1.165, 1.54) is 31.4 Å². The molecule has 0 fully saturated rings. The van der Waals surface area contributed by atoms with E-state index in [2.05, 4.69) is 10.1 Å². The van der Waals surface area contributed by atoms with Crippen LogP contribution >= 0.6 is 11.6 Å². The van der Waals surface area contributed by atoms with Crippen LogP contribution in [0.25, 0.3) is 0 Å². The normalized spacial score (nSPS) is 10.3. The number of hydrogen-bond donors (Lipinski definition) is 1. The van der Waals surface area contributed by atoms with Crippen LogP contribution in [0.3, 0.4) is 0 Å². The molecule has 0 spiro atoms. The quantitative estimate of drug-likeness (QED) is 0.867. The largest absolute Gasteiger partial charge is 0.465 e. The van der Waals surface area contributed by atoms with Crippen molar-refractivity contribution < 1.29 is 18.3 Å². The summed E-state index contributed by atoms with van der Waals surface area (Å²) < 4.78 is 30.9. The van der Waals surface area contributed by atoms with E-state index in [-0.39, 0.29) is 10.6 Å². The Labute approximate surface area is 125 Å². The third-order valence-corrected chi connectivity index (χ3v) is 3.14. The number of nitrogens with one attached hydrogen (secondary N) is 1. The molecule has 0 heterocycles. The molecule has 0 radical (unpaired) electrons. The molecule has 3 nitrogen and oxygen atoms in total. The summed E-state index contributed by atoms with van der Waals surface area (Å²) in [5.74, 6) is -1.68. The number of halogens is 3. The Balaban J connectivity index is 2.19. The van der Waals surface area contributed by atoms with Crippen molar-refractivity contribution in [3.8, 4) is 0 Å². The molecular formula is C15H12ClF2NO2. The lowest BCUT2D eigenvalue weighted by atomic mass is 10.1. The topological polar surface area (TPSA) is 38.3 Å². The molecule has 0 unspecified atom stereocenters. The van der Waals surface area contributed by atoms with E-state index in [0.717, 1.165) is 11.6 Å². The number of benzene rings is 2. The number of esters is 1. The monoisotopic (exact) mass is 311 g/mol. The SMILES string of the molecule is COC(=O)c1cc(F)ccc1NCc1ccc(F)c(Cl)c1. The highest BCUT2D eigenvalue weighted by Gasteiger charge is 2.13. The van der Waals surface area contributed by atoms with Gasteiger partial charge in [0.15, 0.2) is 0 Å². The van der Waals surface area contributed by atoms with Crippen LogP contribution in [-0.2, 0) is 11.3 Å². The van der Waals surface area contributed by atoms with Gasteiger partial charge in [-0.05, 0) is 35.9 Å². The predicted octanol–water partition coefficient (Wildman–Crippen LogP) is 4.02. The lowest BCUT2D eigenvalue weighted by molar-refractivity contribution is 0.0601. The van der Waals surface area contributed by atoms with E-state index < -0.39 is 17.6 Å². The van der Waals surface area contributed by atoms with Crippen molar-refractivity contribution in [1.82, 2.24) is 0 Å². The van der Waals surface area contributed by atoms with Gasteiger partial charge >= 0.3 is 5.97 Å². The number of anilines is 1. The van der Waals surface area contributed by atoms with Crippen molar-refractivity contribution in [3.63, 3.8) is 0 Å². The Hall–Kier alpha value is -2.14. The summed E-state index contributed by atoms with van der Waals surface area (Å²) in [5, 5.41) is 2.99. The highest BCUT2D eigenvalue weighted by atomic mass is 35.5. The Kier molecular flexibility index (Phi) is 4.75. The predicted molar refractivity (Wildman–Crippen MR) is 76.5 cm³/mol. The van der Waals surface area contributed by atoms with E-state index >= 15 is 0 Å². The molecule has 0 saturated heterocycles. The van der Waals surface area contributed by atoms with Gasteiger partial charge in [-0.2, -0.15) is 0 Å². The first-order chi connectivity index (χ1) is 10.0. The first kappa shape index (κ1) is 15.3. The summed E-state index contributed by atoms with van der Waals surface area (Å²) in [6.45, 7) is 0.301. The van der Waals surface area contributed by atoms with Gasteiger partial charge in [-0.15, -0.1) is 0 Å². The Bertz CT molecular complexity index is 677. The summed E-state index contributed by atoms with van der Waals surface area (Å²) >= 11 is 5.69. The molecule has 0 aliphatic carbocycles. The van der Waals surface area contributed by atoms with Gasteiger partial charge in [0.1, 0.15) is 11.6 Å². The van der Waals surface area contributed by atoms with Gasteiger partial charge in [0, 0.05) is 12.2 Å². The molecule has 0 amide bonds. The van der Waals surface area contributed by atoms with Crippen LogP contribution in [0.5, 0.6) is 0 Å². The van der Waals surface area contributed by atoms with Crippen molar-refractivity contribution in [3.05, 3.63) is 64.2 Å². The summed E-state index contributed by atoms with van der Waals surface area (Å²) in [5.41, 5.74) is 1.23. The number of rotatable bonds is 4. The lowest BCUT2D eigenvalue weighted by Gasteiger charge is -2.11. The summed E-state index contributed by atoms with van der Waals surface area (Å²) in [4.78, 5) is 11.6. The second kappa shape index (κ2) is 6.54. The maximum atomic E-state index is 13.2. The number of carbonyl (C=O) groups is 1. The number of methoxy groups -OCH3 is 1. The minimum atomic E-state index is -0.644. The third kappa shape index (κ3) is 3.70. The Morgan fingerprint density at radius 3 is 2.67 bits per heavy atom. The summed E-state index contributed by atoms with van der Waals surface area (Å²) in [6.07, 6.45) is 0. The van der Waals surface area contributed by atoms with Crippen LogP contribution in [-0.4, -0.2) is 13.1 Å². The van der Waals surface area contributed by atoms with E-state index in [9.17, 15) is 13.6 Å². The molecule has 0 aromatic heterocycles. The zero-order valence-electron chi connectivity index (χ0n) is 11.1. The van der Waals surface area contributed by atoms with Gasteiger partial charge in [-0.1, -0.05) is 17.7 Å². The number of ether oxygens (including phenoxy) is 1. The molecule has 0 saturated carbocycles. The average molecular weight is 312 g/mol. The minimum absolute atomic E-state index is 0.0154. The maximum absolute atomic E-state index is 13.2. The summed E-state index contributed by atoms with van der Waals surface area (Å²) in [7, 11) is 1.22. The standard InChI is InChI=1S/C15H12ClF2NO2/c1-21-15(20)11-7-10(17)3-5-14(11)19-8-9-2-4-13(18)12(16)6-9/h2-7,19H,8H2,1H3. The molecule has 2 aromatic rings. The highest BCUT2D eigenvalue weighted by Crippen LogP contribution is 2.21. The lowest BCUT2D eigenvalue weighted by Crippen LogP contribution is -2.09. The molecule has 1 N–H and O–H groups in total. The van der Waals surface area contributed by atoms with Gasteiger partial charge in [0.25, 0.3) is 0 Å². The van der Waals surface area contributed by atoms with Crippen LogP contribution in [0.1, 0.15) is 15.9 Å². The van der Waals surface area contributed by atoms with Crippen LogP contribution < -0.4 is 5.32 Å². The molecule has 21 heavy (non-hydrogen) atoms. The van der Waals surface area contributed by atoms with E-state index in [1.54, 1.807) is 6.07 Å². The fourth-order valence-corrected chi connectivity index (χ4v) is 2.00. The van der Waals surface area contributed by atoms with Crippen LogP contribution in [0, 0.1) is 11.6 Å². The second-order valence-corrected chi connectivity index (χ2v) is 4.69. The molecule has 0 bridgehead atoms. The van der Waals surface area contributed by atoms with Gasteiger partial charge < -0.3 is 10.1 Å². The van der Waals surface area contributed by atoms with Crippen molar-refractivity contribution >= 4 is 23.3 Å². The molecule has 2 aromatic carbocycles. The molecule has 2 rings (SSSR count). The van der Waals surface area contributed by atoms with Crippen molar-refractivity contribution in [2.45, 2.75) is 6.54 Å². The van der Waals surface area contributed by atoms with Crippen molar-refractivity contribution in [1.29, 1.82) is 0 Å². The fourth-order valence-electron chi connectivity index (χ4n) is 1.80. The molecule has 0 aliphatic heterocycles. The van der Waals surface area contributed by atoms with Gasteiger partial charge in [0.2, 0.25) is 0 Å². The van der Waals surface area contributed by atoms with Gasteiger partial charge in [-0.3, -0.25) is 0 Å². The summed E-state index contributed by atoms with van der Waals surface area (Å²) in [6, 6.07) is 8.05. The van der Waals surface area contributed by atoms with Crippen molar-refractivity contribution in [2.24, 2.45) is 0 Å². The maximum Gasteiger partial charge on any atom is 0.340 e.